The first-order chi connectivity index (χ1) is 6.47. The van der Waals surface area contributed by atoms with Gasteiger partial charge in [-0.25, -0.2) is 0 Å². The molecule has 0 saturated heterocycles. The van der Waals surface area contributed by atoms with Gasteiger partial charge >= 0.3 is 0 Å². The van der Waals surface area contributed by atoms with Crippen molar-refractivity contribution in [2.45, 2.75) is 46.1 Å². The van der Waals surface area contributed by atoms with Gasteiger partial charge in [-0.15, -0.1) is 0 Å². The molecule has 0 aromatic heterocycles. The predicted molar refractivity (Wildman–Crippen MR) is 62.7 cm³/mol. The van der Waals surface area contributed by atoms with E-state index in [0.717, 1.165) is 18.9 Å². The van der Waals surface area contributed by atoms with Crippen LogP contribution in [0.4, 0.5) is 0 Å². The van der Waals surface area contributed by atoms with Gasteiger partial charge in [0.1, 0.15) is 0 Å². The van der Waals surface area contributed by atoms with Gasteiger partial charge in [0, 0.05) is 12.5 Å². The van der Waals surface area contributed by atoms with E-state index in [9.17, 15) is 0 Å². The number of nitrogens with one attached hydrogen (secondary N) is 1. The molecule has 0 aliphatic heterocycles. The van der Waals surface area contributed by atoms with E-state index in [-0.39, 0.29) is 0 Å². The van der Waals surface area contributed by atoms with Gasteiger partial charge in [-0.3, -0.25) is 5.41 Å². The molecule has 0 aromatic carbocycles. The van der Waals surface area contributed by atoms with E-state index in [4.69, 9.17) is 11.1 Å². The summed E-state index contributed by atoms with van der Waals surface area (Å²) in [7, 11) is 2.12. The van der Waals surface area contributed by atoms with Crippen LogP contribution in [0.1, 0.15) is 40.0 Å². The Bertz CT molecular complexity index is 166. The van der Waals surface area contributed by atoms with E-state index < -0.39 is 0 Å². The minimum Gasteiger partial charge on any atom is -0.388 e. The lowest BCUT2D eigenvalue weighted by molar-refractivity contribution is 0.228. The highest BCUT2D eigenvalue weighted by Gasteiger charge is 2.13. The molecular weight excluding hydrogens is 174 g/mol. The van der Waals surface area contributed by atoms with E-state index in [0.29, 0.717) is 18.3 Å². The summed E-state index contributed by atoms with van der Waals surface area (Å²) in [6, 6.07) is 0.436. The molecule has 0 fully saturated rings. The SMILES string of the molecule is CCC(CC(=N)N)N(C)CCC(C)C. The molecule has 0 amide bonds. The zero-order chi connectivity index (χ0) is 11.1. The van der Waals surface area contributed by atoms with Gasteiger partial charge in [-0.05, 0) is 32.4 Å². The van der Waals surface area contributed by atoms with Gasteiger partial charge in [0.2, 0.25) is 0 Å². The van der Waals surface area contributed by atoms with Crippen LogP contribution in [0.2, 0.25) is 0 Å². The molecule has 0 spiro atoms. The first kappa shape index (κ1) is 13.4. The number of hydrogen-bond donors (Lipinski definition) is 2. The molecule has 1 unspecified atom stereocenters. The molecule has 0 aromatic rings. The third-order valence-corrected chi connectivity index (χ3v) is 2.61. The maximum absolute atomic E-state index is 7.29. The smallest absolute Gasteiger partial charge is 0.0921 e. The highest BCUT2D eigenvalue weighted by atomic mass is 15.1. The van der Waals surface area contributed by atoms with E-state index in [1.54, 1.807) is 0 Å². The van der Waals surface area contributed by atoms with E-state index in [1.165, 1.54) is 6.42 Å². The van der Waals surface area contributed by atoms with E-state index in [2.05, 4.69) is 32.7 Å². The Morgan fingerprint density at radius 2 is 2.00 bits per heavy atom. The average Bonchev–Trinajstić information content (AvgIpc) is 2.09. The van der Waals surface area contributed by atoms with Crippen LogP contribution in [-0.4, -0.2) is 30.4 Å². The maximum Gasteiger partial charge on any atom is 0.0921 e. The van der Waals surface area contributed by atoms with Crippen molar-refractivity contribution in [2.24, 2.45) is 11.7 Å². The third kappa shape index (κ3) is 5.97. The summed E-state index contributed by atoms with van der Waals surface area (Å²) in [5.41, 5.74) is 5.42. The van der Waals surface area contributed by atoms with Crippen molar-refractivity contribution in [3.63, 3.8) is 0 Å². The molecule has 0 heterocycles. The van der Waals surface area contributed by atoms with Crippen LogP contribution in [-0.2, 0) is 0 Å². The van der Waals surface area contributed by atoms with Crippen LogP contribution in [0, 0.1) is 11.3 Å². The van der Waals surface area contributed by atoms with Crippen LogP contribution >= 0.6 is 0 Å². The Labute approximate surface area is 88.2 Å². The van der Waals surface area contributed by atoms with Crippen LogP contribution in [0.5, 0.6) is 0 Å². The number of hydrogen-bond acceptors (Lipinski definition) is 2. The Kier molecular flexibility index (Phi) is 6.54. The van der Waals surface area contributed by atoms with Crippen LogP contribution < -0.4 is 5.73 Å². The quantitative estimate of drug-likeness (QED) is 0.487. The fourth-order valence-electron chi connectivity index (χ4n) is 1.51. The van der Waals surface area contributed by atoms with Crippen LogP contribution in [0.15, 0.2) is 0 Å². The van der Waals surface area contributed by atoms with Crippen molar-refractivity contribution < 1.29 is 0 Å². The monoisotopic (exact) mass is 199 g/mol. The summed E-state index contributed by atoms with van der Waals surface area (Å²) in [5, 5.41) is 7.29. The van der Waals surface area contributed by atoms with Gasteiger partial charge in [0.05, 0.1) is 5.84 Å². The molecule has 0 radical (unpaired) electrons. The second-order valence-electron chi connectivity index (χ2n) is 4.45. The van der Waals surface area contributed by atoms with E-state index in [1.807, 2.05) is 0 Å². The Morgan fingerprint density at radius 3 is 2.36 bits per heavy atom. The summed E-state index contributed by atoms with van der Waals surface area (Å²) >= 11 is 0. The van der Waals surface area contributed by atoms with Gasteiger partial charge in [-0.1, -0.05) is 20.8 Å². The Hall–Kier alpha value is -0.570. The maximum atomic E-state index is 7.29. The molecule has 3 N–H and O–H groups in total. The van der Waals surface area contributed by atoms with Gasteiger partial charge in [0.15, 0.2) is 0 Å². The second-order valence-corrected chi connectivity index (χ2v) is 4.45. The summed E-state index contributed by atoms with van der Waals surface area (Å²) in [4.78, 5) is 2.32. The van der Waals surface area contributed by atoms with Crippen molar-refractivity contribution in [2.75, 3.05) is 13.6 Å². The fraction of sp³-hybridized carbons (Fsp3) is 0.909. The van der Waals surface area contributed by atoms with Gasteiger partial charge < -0.3 is 10.6 Å². The van der Waals surface area contributed by atoms with E-state index >= 15 is 0 Å². The summed E-state index contributed by atoms with van der Waals surface area (Å²) in [6.45, 7) is 7.72. The number of nitrogens with two attached hydrogens (primary N) is 1. The molecular formula is C11H25N3. The zero-order valence-corrected chi connectivity index (χ0v) is 10.0. The molecule has 3 nitrogen and oxygen atoms in total. The fourth-order valence-corrected chi connectivity index (χ4v) is 1.51. The number of amidine groups is 1. The minimum absolute atomic E-state index is 0.299. The molecule has 0 aliphatic carbocycles. The molecule has 0 bridgehead atoms. The van der Waals surface area contributed by atoms with Crippen molar-refractivity contribution >= 4 is 5.84 Å². The zero-order valence-electron chi connectivity index (χ0n) is 10.0. The van der Waals surface area contributed by atoms with Crippen LogP contribution in [0.25, 0.3) is 0 Å². The number of nitrogens with zero attached hydrogens (tertiary/aromatic N) is 1. The predicted octanol–water partition coefficient (Wildman–Crippen LogP) is 2.07. The van der Waals surface area contributed by atoms with Gasteiger partial charge in [-0.2, -0.15) is 0 Å². The number of rotatable bonds is 7. The van der Waals surface area contributed by atoms with Crippen molar-refractivity contribution in [3.05, 3.63) is 0 Å². The molecule has 0 saturated carbocycles. The van der Waals surface area contributed by atoms with Gasteiger partial charge in [0.25, 0.3) is 0 Å². The topological polar surface area (TPSA) is 53.1 Å². The Balaban J connectivity index is 3.90. The first-order valence-electron chi connectivity index (χ1n) is 5.50. The van der Waals surface area contributed by atoms with Crippen LogP contribution in [0.3, 0.4) is 0 Å². The standard InChI is InChI=1S/C11H25N3/c1-5-10(8-11(12)13)14(4)7-6-9(2)3/h9-10H,5-8H2,1-4H3,(H3,12,13). The second kappa shape index (κ2) is 6.82. The highest BCUT2D eigenvalue weighted by molar-refractivity contribution is 5.77. The third-order valence-electron chi connectivity index (χ3n) is 2.61. The lowest BCUT2D eigenvalue weighted by atomic mass is 10.1. The summed E-state index contributed by atoms with van der Waals surface area (Å²) in [6.07, 6.45) is 2.98. The minimum atomic E-state index is 0.299. The molecule has 1 atom stereocenters. The molecule has 0 aliphatic rings. The largest absolute Gasteiger partial charge is 0.388 e. The van der Waals surface area contributed by atoms with Crippen molar-refractivity contribution in [3.8, 4) is 0 Å². The molecule has 0 rings (SSSR count). The molecule has 14 heavy (non-hydrogen) atoms. The lowest BCUT2D eigenvalue weighted by Gasteiger charge is -2.27. The highest BCUT2D eigenvalue weighted by Crippen LogP contribution is 2.09. The summed E-state index contributed by atoms with van der Waals surface area (Å²) < 4.78 is 0. The summed E-state index contributed by atoms with van der Waals surface area (Å²) in [5.74, 6) is 1.04. The Morgan fingerprint density at radius 1 is 1.43 bits per heavy atom. The van der Waals surface area contributed by atoms with Crippen molar-refractivity contribution in [1.82, 2.24) is 4.90 Å². The normalized spacial score (nSPS) is 13.6. The first-order valence-corrected chi connectivity index (χ1v) is 5.50. The molecule has 3 heteroatoms. The molecule has 84 valence electrons. The lowest BCUT2D eigenvalue weighted by Crippen LogP contribution is -2.35. The van der Waals surface area contributed by atoms with Crippen molar-refractivity contribution in [1.29, 1.82) is 5.41 Å². The average molecular weight is 199 g/mol.